The molecular weight excluding hydrogens is 300 g/mol. The number of H-pyrrole nitrogens is 1. The van der Waals surface area contributed by atoms with Gasteiger partial charge in [0.2, 0.25) is 0 Å². The highest BCUT2D eigenvalue weighted by Gasteiger charge is 2.06. The van der Waals surface area contributed by atoms with E-state index in [0.717, 1.165) is 16.6 Å². The summed E-state index contributed by atoms with van der Waals surface area (Å²) < 4.78 is 0. The number of nitrogens with one attached hydrogen (secondary N) is 3. The molecular formula is C16H15ClN4O. The predicted molar refractivity (Wildman–Crippen MR) is 88.1 cm³/mol. The maximum absolute atomic E-state index is 11.9. The Morgan fingerprint density at radius 2 is 2.09 bits per heavy atom. The van der Waals surface area contributed by atoms with Gasteiger partial charge in [-0.1, -0.05) is 29.8 Å². The third-order valence-electron chi connectivity index (χ3n) is 3.28. The summed E-state index contributed by atoms with van der Waals surface area (Å²) >= 11 is 6.03. The zero-order valence-electron chi connectivity index (χ0n) is 12.0. The fourth-order valence-corrected chi connectivity index (χ4v) is 2.28. The van der Waals surface area contributed by atoms with Crippen molar-refractivity contribution in [3.63, 3.8) is 0 Å². The van der Waals surface area contributed by atoms with Crippen molar-refractivity contribution in [3.05, 3.63) is 58.9 Å². The van der Waals surface area contributed by atoms with Gasteiger partial charge in [0.15, 0.2) is 0 Å². The Kier molecular flexibility index (Phi) is 3.98. The van der Waals surface area contributed by atoms with Crippen LogP contribution in [0.15, 0.2) is 42.5 Å². The van der Waals surface area contributed by atoms with Crippen LogP contribution in [0.1, 0.15) is 11.4 Å². The fraction of sp³-hybridized carbons (Fsp3) is 0.125. The molecule has 2 aromatic carbocycles. The summed E-state index contributed by atoms with van der Waals surface area (Å²) in [6.07, 6.45) is 0. The lowest BCUT2D eigenvalue weighted by Gasteiger charge is -2.07. The van der Waals surface area contributed by atoms with Crippen molar-refractivity contribution in [3.8, 4) is 0 Å². The summed E-state index contributed by atoms with van der Waals surface area (Å²) in [7, 11) is 0. The minimum atomic E-state index is -0.305. The maximum Gasteiger partial charge on any atom is 0.319 e. The van der Waals surface area contributed by atoms with Gasteiger partial charge < -0.3 is 15.6 Å². The lowest BCUT2D eigenvalue weighted by Crippen LogP contribution is -2.28. The number of urea groups is 1. The third kappa shape index (κ3) is 3.20. The second kappa shape index (κ2) is 6.07. The van der Waals surface area contributed by atoms with Crippen molar-refractivity contribution in [2.75, 3.05) is 5.32 Å². The second-order valence-corrected chi connectivity index (χ2v) is 5.38. The predicted octanol–water partition coefficient (Wildman–Crippen LogP) is 3.85. The van der Waals surface area contributed by atoms with Crippen LogP contribution in [0.4, 0.5) is 10.5 Å². The summed E-state index contributed by atoms with van der Waals surface area (Å²) in [5, 5.41) is 6.11. The average Bonchev–Trinajstić information content (AvgIpc) is 2.92. The smallest absolute Gasteiger partial charge is 0.319 e. The number of aryl methyl sites for hydroxylation is 1. The Balaban J connectivity index is 1.60. The first kappa shape index (κ1) is 14.4. The minimum Gasteiger partial charge on any atom is -0.340 e. The molecule has 0 unspecified atom stereocenters. The van der Waals surface area contributed by atoms with E-state index in [1.165, 1.54) is 0 Å². The van der Waals surface area contributed by atoms with E-state index in [0.29, 0.717) is 23.1 Å². The Bertz CT molecular complexity index is 795. The first-order chi connectivity index (χ1) is 10.6. The number of halogens is 1. The normalized spacial score (nSPS) is 10.6. The van der Waals surface area contributed by atoms with E-state index >= 15 is 0 Å². The first-order valence-electron chi connectivity index (χ1n) is 6.86. The topological polar surface area (TPSA) is 69.8 Å². The van der Waals surface area contributed by atoms with Crippen molar-refractivity contribution in [1.29, 1.82) is 0 Å². The number of anilines is 1. The van der Waals surface area contributed by atoms with E-state index in [1.807, 2.05) is 43.3 Å². The molecule has 1 heterocycles. The van der Waals surface area contributed by atoms with Gasteiger partial charge in [0, 0.05) is 10.7 Å². The van der Waals surface area contributed by atoms with Crippen molar-refractivity contribution >= 4 is 34.4 Å². The number of carbonyl (C=O) groups excluding carboxylic acids is 1. The molecule has 0 aliphatic carbocycles. The SMILES string of the molecule is Cc1ccc(NC(=O)NCc2nc3ccccc3[nH]2)cc1Cl. The molecule has 5 nitrogen and oxygen atoms in total. The standard InChI is InChI=1S/C16H15ClN4O/c1-10-6-7-11(8-12(10)17)19-16(22)18-9-15-20-13-4-2-3-5-14(13)21-15/h2-8H,9H2,1H3,(H,20,21)(H2,18,19,22). The molecule has 3 aromatic rings. The van der Waals surface area contributed by atoms with Gasteiger partial charge in [-0.25, -0.2) is 9.78 Å². The van der Waals surface area contributed by atoms with Crippen LogP contribution in [-0.2, 0) is 6.54 Å². The molecule has 2 amide bonds. The monoisotopic (exact) mass is 314 g/mol. The third-order valence-corrected chi connectivity index (χ3v) is 3.69. The number of imidazole rings is 1. The van der Waals surface area contributed by atoms with Crippen LogP contribution in [0.25, 0.3) is 11.0 Å². The van der Waals surface area contributed by atoms with E-state index in [2.05, 4.69) is 20.6 Å². The number of benzene rings is 2. The molecule has 0 spiro atoms. The van der Waals surface area contributed by atoms with Crippen molar-refractivity contribution in [2.45, 2.75) is 13.5 Å². The highest BCUT2D eigenvalue weighted by atomic mass is 35.5. The average molecular weight is 315 g/mol. The molecule has 0 saturated carbocycles. The quantitative estimate of drug-likeness (QED) is 0.687. The number of hydrogen-bond acceptors (Lipinski definition) is 2. The van der Waals surface area contributed by atoms with Crippen LogP contribution in [0, 0.1) is 6.92 Å². The molecule has 3 rings (SSSR count). The maximum atomic E-state index is 11.9. The van der Waals surface area contributed by atoms with Gasteiger partial charge in [-0.05, 0) is 36.8 Å². The highest BCUT2D eigenvalue weighted by molar-refractivity contribution is 6.31. The molecule has 0 fully saturated rings. The van der Waals surface area contributed by atoms with Gasteiger partial charge in [-0.15, -0.1) is 0 Å². The van der Waals surface area contributed by atoms with Crippen LogP contribution in [-0.4, -0.2) is 16.0 Å². The summed E-state index contributed by atoms with van der Waals surface area (Å²) in [5.41, 5.74) is 3.45. The summed E-state index contributed by atoms with van der Waals surface area (Å²) in [4.78, 5) is 19.4. The first-order valence-corrected chi connectivity index (χ1v) is 7.24. The zero-order valence-corrected chi connectivity index (χ0v) is 12.7. The fourth-order valence-electron chi connectivity index (χ4n) is 2.10. The molecule has 0 bridgehead atoms. The Labute approximate surface area is 132 Å². The molecule has 6 heteroatoms. The van der Waals surface area contributed by atoms with Crippen LogP contribution in [0.5, 0.6) is 0 Å². The molecule has 0 aliphatic rings. The summed E-state index contributed by atoms with van der Waals surface area (Å²) in [5.74, 6) is 0.707. The molecule has 0 saturated heterocycles. The Morgan fingerprint density at radius 3 is 2.86 bits per heavy atom. The number of carbonyl (C=O) groups is 1. The number of aromatic nitrogens is 2. The second-order valence-electron chi connectivity index (χ2n) is 4.97. The highest BCUT2D eigenvalue weighted by Crippen LogP contribution is 2.19. The van der Waals surface area contributed by atoms with E-state index < -0.39 is 0 Å². The number of aromatic amines is 1. The number of nitrogens with zero attached hydrogens (tertiary/aromatic N) is 1. The van der Waals surface area contributed by atoms with E-state index in [9.17, 15) is 4.79 Å². The largest absolute Gasteiger partial charge is 0.340 e. The van der Waals surface area contributed by atoms with Crippen molar-refractivity contribution in [1.82, 2.24) is 15.3 Å². The lowest BCUT2D eigenvalue weighted by atomic mass is 10.2. The molecule has 3 N–H and O–H groups in total. The molecule has 0 atom stereocenters. The van der Waals surface area contributed by atoms with Gasteiger partial charge in [0.1, 0.15) is 5.82 Å². The molecule has 0 aliphatic heterocycles. The molecule has 112 valence electrons. The van der Waals surface area contributed by atoms with Gasteiger partial charge >= 0.3 is 6.03 Å². The van der Waals surface area contributed by atoms with E-state index in [-0.39, 0.29) is 6.03 Å². The van der Waals surface area contributed by atoms with Crippen molar-refractivity contribution < 1.29 is 4.79 Å². The van der Waals surface area contributed by atoms with Crippen molar-refractivity contribution in [2.24, 2.45) is 0 Å². The van der Waals surface area contributed by atoms with E-state index in [1.54, 1.807) is 6.07 Å². The van der Waals surface area contributed by atoms with Gasteiger partial charge in [0.05, 0.1) is 17.6 Å². The minimum absolute atomic E-state index is 0.305. The van der Waals surface area contributed by atoms with Crippen LogP contribution in [0.2, 0.25) is 5.02 Å². The number of para-hydroxylation sites is 2. The molecule has 0 radical (unpaired) electrons. The number of hydrogen-bond donors (Lipinski definition) is 3. The zero-order chi connectivity index (χ0) is 15.5. The van der Waals surface area contributed by atoms with E-state index in [4.69, 9.17) is 11.6 Å². The van der Waals surface area contributed by atoms with Crippen LogP contribution in [0.3, 0.4) is 0 Å². The summed E-state index contributed by atoms with van der Waals surface area (Å²) in [6.45, 7) is 2.23. The molecule has 1 aromatic heterocycles. The number of fused-ring (bicyclic) bond motifs is 1. The molecule has 22 heavy (non-hydrogen) atoms. The van der Waals surface area contributed by atoms with Crippen LogP contribution >= 0.6 is 11.6 Å². The summed E-state index contributed by atoms with van der Waals surface area (Å²) in [6, 6.07) is 12.8. The Hall–Kier alpha value is -2.53. The van der Waals surface area contributed by atoms with Gasteiger partial charge in [-0.3, -0.25) is 0 Å². The van der Waals surface area contributed by atoms with Gasteiger partial charge in [-0.2, -0.15) is 0 Å². The lowest BCUT2D eigenvalue weighted by molar-refractivity contribution is 0.251. The Morgan fingerprint density at radius 1 is 1.27 bits per heavy atom. The number of amides is 2. The van der Waals surface area contributed by atoms with Crippen LogP contribution < -0.4 is 10.6 Å². The van der Waals surface area contributed by atoms with Gasteiger partial charge in [0.25, 0.3) is 0 Å². The number of rotatable bonds is 3.